The van der Waals surface area contributed by atoms with E-state index < -0.39 is 0 Å². The standard InChI is InChI=1S/C13H16B6O/c14-6-3-1-5(2-4-6)13(20)7-8(15)10(17)12(19)11(18)9(7)16/h1-4H,14-19H2. The molecule has 0 aromatic heterocycles. The summed E-state index contributed by atoms with van der Waals surface area (Å²) in [5, 5.41) is 0. The zero-order valence-electron chi connectivity index (χ0n) is 13.2. The summed E-state index contributed by atoms with van der Waals surface area (Å²) in [6, 6.07) is 7.82. The van der Waals surface area contributed by atoms with Gasteiger partial charge in [0.25, 0.3) is 0 Å². The van der Waals surface area contributed by atoms with Crippen LogP contribution in [0.5, 0.6) is 0 Å². The van der Waals surface area contributed by atoms with E-state index in [0.29, 0.717) is 0 Å². The van der Waals surface area contributed by atoms with Crippen molar-refractivity contribution in [3.63, 3.8) is 0 Å². The lowest BCUT2D eigenvalue weighted by Gasteiger charge is -2.19. The van der Waals surface area contributed by atoms with Crippen molar-refractivity contribution >= 4 is 85.6 Å². The van der Waals surface area contributed by atoms with Crippen LogP contribution < -0.4 is 32.8 Å². The number of carbonyl (C=O) groups excluding carboxylic acids is 1. The predicted octanol–water partition coefficient (Wildman–Crippen LogP) is -7.53. The van der Waals surface area contributed by atoms with Gasteiger partial charge in [0.15, 0.2) is 5.78 Å². The van der Waals surface area contributed by atoms with Crippen LogP contribution in [0.4, 0.5) is 0 Å². The molecule has 0 radical (unpaired) electrons. The maximum atomic E-state index is 12.8. The zero-order valence-corrected chi connectivity index (χ0v) is 13.2. The zero-order chi connectivity index (χ0) is 15.0. The third-order valence-corrected chi connectivity index (χ3v) is 4.54. The number of rotatable bonds is 2. The Kier molecular flexibility index (Phi) is 4.08. The van der Waals surface area contributed by atoms with E-state index in [9.17, 15) is 4.79 Å². The van der Waals surface area contributed by atoms with Crippen LogP contribution >= 0.6 is 0 Å². The fraction of sp³-hybridized carbons (Fsp3) is 0. The van der Waals surface area contributed by atoms with Gasteiger partial charge in [-0.05, 0) is 0 Å². The average molecular weight is 253 g/mol. The largest absolute Gasteiger partial charge is 0.289 e. The van der Waals surface area contributed by atoms with Crippen molar-refractivity contribution in [1.82, 2.24) is 0 Å². The highest BCUT2D eigenvalue weighted by Crippen LogP contribution is 2.03. The van der Waals surface area contributed by atoms with Crippen LogP contribution in [-0.2, 0) is 0 Å². The van der Waals surface area contributed by atoms with Gasteiger partial charge in [-0.15, -0.1) is 16.4 Å². The van der Waals surface area contributed by atoms with Crippen molar-refractivity contribution in [3.05, 3.63) is 35.4 Å². The molecular weight excluding hydrogens is 237 g/mol. The topological polar surface area (TPSA) is 17.1 Å². The lowest BCUT2D eigenvalue weighted by Crippen LogP contribution is -2.57. The summed E-state index contributed by atoms with van der Waals surface area (Å²) >= 11 is 0. The van der Waals surface area contributed by atoms with Gasteiger partial charge in [0.05, 0.1) is 0 Å². The van der Waals surface area contributed by atoms with E-state index in [1.165, 1.54) is 21.9 Å². The molecule has 0 saturated carbocycles. The SMILES string of the molecule is Bc1ccc(C(=O)c2c(B)c(B)c(B)c(B)c2B)cc1. The van der Waals surface area contributed by atoms with Gasteiger partial charge < -0.3 is 0 Å². The number of hydrogen-bond acceptors (Lipinski definition) is 1. The van der Waals surface area contributed by atoms with Crippen LogP contribution in [0.15, 0.2) is 24.3 Å². The van der Waals surface area contributed by atoms with Gasteiger partial charge in [-0.1, -0.05) is 40.7 Å². The average Bonchev–Trinajstić information content (AvgIpc) is 2.44. The van der Waals surface area contributed by atoms with Crippen LogP contribution in [0, 0.1) is 0 Å². The molecule has 0 aliphatic rings. The first-order chi connectivity index (χ1) is 9.34. The Balaban J connectivity index is 2.64. The van der Waals surface area contributed by atoms with Gasteiger partial charge in [0.1, 0.15) is 47.1 Å². The van der Waals surface area contributed by atoms with Crippen molar-refractivity contribution in [2.75, 3.05) is 0 Å². The Labute approximate surface area is 126 Å². The molecule has 0 atom stereocenters. The third kappa shape index (κ3) is 2.42. The van der Waals surface area contributed by atoms with Gasteiger partial charge in [-0.2, -0.15) is 0 Å². The van der Waals surface area contributed by atoms with Crippen molar-refractivity contribution < 1.29 is 4.79 Å². The molecule has 7 heteroatoms. The molecular formula is C13H16B6O. The highest BCUT2D eigenvalue weighted by atomic mass is 16.1. The summed E-state index contributed by atoms with van der Waals surface area (Å²) in [7, 11) is 12.5. The molecule has 2 aromatic rings. The Morgan fingerprint density at radius 1 is 0.650 bits per heavy atom. The molecule has 0 bridgehead atoms. The lowest BCUT2D eigenvalue weighted by atomic mass is 9.60. The molecule has 0 heterocycles. The number of carbonyl (C=O) groups is 1. The van der Waals surface area contributed by atoms with Gasteiger partial charge in [-0.3, -0.25) is 4.79 Å². The Hall–Kier alpha value is -1.50. The van der Waals surface area contributed by atoms with Crippen LogP contribution in [0.25, 0.3) is 0 Å². The molecule has 0 fully saturated rings. The second-order valence-corrected chi connectivity index (χ2v) is 5.70. The monoisotopic (exact) mass is 254 g/mol. The summed E-state index contributed by atoms with van der Waals surface area (Å²) in [5.41, 5.74) is 8.77. The fourth-order valence-electron chi connectivity index (χ4n) is 2.69. The Bertz CT molecular complexity index is 664. The van der Waals surface area contributed by atoms with Crippen LogP contribution in [0.2, 0.25) is 0 Å². The normalized spacial score (nSPS) is 10.4. The molecule has 0 saturated heterocycles. The minimum absolute atomic E-state index is 0.131. The van der Waals surface area contributed by atoms with E-state index >= 15 is 0 Å². The van der Waals surface area contributed by atoms with Crippen molar-refractivity contribution in [2.24, 2.45) is 0 Å². The highest BCUT2D eigenvalue weighted by Gasteiger charge is 2.18. The van der Waals surface area contributed by atoms with E-state index in [0.717, 1.165) is 22.1 Å². The first-order valence-electron chi connectivity index (χ1n) is 7.03. The number of ketones is 1. The molecule has 0 N–H and O–H groups in total. The summed E-state index contributed by atoms with van der Waals surface area (Å²) in [6.45, 7) is 0. The quantitative estimate of drug-likeness (QED) is 0.384. The molecule has 0 aliphatic heterocycles. The molecule has 0 aliphatic carbocycles. The number of hydrogen-bond donors (Lipinski definition) is 0. The summed E-state index contributed by atoms with van der Waals surface area (Å²) in [6.07, 6.45) is 0. The van der Waals surface area contributed by atoms with Gasteiger partial charge >= 0.3 is 0 Å². The maximum absolute atomic E-state index is 12.8. The second kappa shape index (κ2) is 5.47. The van der Waals surface area contributed by atoms with E-state index in [1.54, 1.807) is 0 Å². The smallest absolute Gasteiger partial charge is 0.191 e. The molecule has 20 heavy (non-hydrogen) atoms. The number of benzene rings is 2. The molecule has 1 nitrogen and oxygen atoms in total. The van der Waals surface area contributed by atoms with Gasteiger partial charge in [-0.25, -0.2) is 0 Å². The Morgan fingerprint density at radius 2 is 1.05 bits per heavy atom. The molecule has 92 valence electrons. The summed E-state index contributed by atoms with van der Waals surface area (Å²) in [5.74, 6) is 0.131. The molecule has 2 aromatic carbocycles. The Morgan fingerprint density at radius 3 is 1.50 bits per heavy atom. The van der Waals surface area contributed by atoms with Gasteiger partial charge in [0, 0.05) is 11.1 Å². The third-order valence-electron chi connectivity index (χ3n) is 4.54. The van der Waals surface area contributed by atoms with Crippen molar-refractivity contribution in [1.29, 1.82) is 0 Å². The van der Waals surface area contributed by atoms with E-state index in [4.69, 9.17) is 0 Å². The van der Waals surface area contributed by atoms with Crippen LogP contribution in [-0.4, -0.2) is 52.9 Å². The fourth-order valence-corrected chi connectivity index (χ4v) is 2.69. The summed E-state index contributed by atoms with van der Waals surface area (Å²) in [4.78, 5) is 12.8. The lowest BCUT2D eigenvalue weighted by molar-refractivity contribution is 0.104. The van der Waals surface area contributed by atoms with Crippen molar-refractivity contribution in [2.45, 2.75) is 0 Å². The maximum Gasteiger partial charge on any atom is 0.191 e. The second-order valence-electron chi connectivity index (χ2n) is 5.70. The first kappa shape index (κ1) is 14.9. The minimum Gasteiger partial charge on any atom is -0.289 e. The van der Waals surface area contributed by atoms with Crippen LogP contribution in [0.3, 0.4) is 0 Å². The molecule has 0 amide bonds. The predicted molar refractivity (Wildman–Crippen MR) is 105 cm³/mol. The van der Waals surface area contributed by atoms with E-state index in [-0.39, 0.29) is 5.78 Å². The molecule has 0 spiro atoms. The van der Waals surface area contributed by atoms with E-state index in [1.807, 2.05) is 32.1 Å². The first-order valence-corrected chi connectivity index (χ1v) is 7.03. The van der Waals surface area contributed by atoms with Gasteiger partial charge in [0.2, 0.25) is 0 Å². The van der Waals surface area contributed by atoms with Crippen molar-refractivity contribution in [3.8, 4) is 0 Å². The molecule has 2 rings (SSSR count). The summed E-state index contributed by atoms with van der Waals surface area (Å²) < 4.78 is 0. The minimum atomic E-state index is 0.131. The van der Waals surface area contributed by atoms with E-state index in [2.05, 4.69) is 39.2 Å². The highest BCUT2D eigenvalue weighted by molar-refractivity contribution is 6.68. The van der Waals surface area contributed by atoms with Crippen LogP contribution in [0.1, 0.15) is 15.9 Å². The molecule has 0 unspecified atom stereocenters.